The Hall–Kier alpha value is -2.52. The van der Waals surface area contributed by atoms with E-state index in [9.17, 15) is 14.3 Å². The molecule has 8 nitrogen and oxygen atoms in total. The fourth-order valence-electron chi connectivity index (χ4n) is 5.23. The van der Waals surface area contributed by atoms with Gasteiger partial charge in [-0.1, -0.05) is 31.1 Å². The van der Waals surface area contributed by atoms with Gasteiger partial charge in [-0.25, -0.2) is 4.39 Å². The normalized spacial score (nSPS) is 23.1. The zero-order valence-electron chi connectivity index (χ0n) is 20.5. The van der Waals surface area contributed by atoms with E-state index in [-0.39, 0.29) is 24.1 Å². The third kappa shape index (κ3) is 5.67. The zero-order valence-corrected chi connectivity index (χ0v) is 20.5. The third-order valence-corrected chi connectivity index (χ3v) is 7.62. The molecule has 1 aromatic heterocycles. The summed E-state index contributed by atoms with van der Waals surface area (Å²) >= 11 is 0. The van der Waals surface area contributed by atoms with Crippen LogP contribution in [-0.2, 0) is 22.6 Å². The SMILES string of the molecule is CC(C)c1noc(N2CCC(C3CC3COCc3ccc(CC(=O)N4CC(O)C4)c(F)c3)CC2)n1. The van der Waals surface area contributed by atoms with Crippen molar-refractivity contribution in [1.82, 2.24) is 15.0 Å². The Morgan fingerprint density at radius 3 is 2.71 bits per heavy atom. The van der Waals surface area contributed by atoms with Gasteiger partial charge in [-0.3, -0.25) is 4.79 Å². The summed E-state index contributed by atoms with van der Waals surface area (Å²) in [6.45, 7) is 7.77. The number of amides is 1. The number of nitrogens with zero attached hydrogens (tertiary/aromatic N) is 4. The molecule has 2 aromatic rings. The summed E-state index contributed by atoms with van der Waals surface area (Å²) in [5.41, 5.74) is 1.17. The largest absolute Gasteiger partial charge is 0.389 e. The maximum atomic E-state index is 14.5. The number of hydrogen-bond donors (Lipinski definition) is 1. The van der Waals surface area contributed by atoms with Crippen LogP contribution < -0.4 is 4.90 Å². The van der Waals surface area contributed by atoms with Gasteiger partial charge >= 0.3 is 6.01 Å². The minimum absolute atomic E-state index is 0.0215. The smallest absolute Gasteiger partial charge is 0.324 e. The summed E-state index contributed by atoms with van der Waals surface area (Å²) in [7, 11) is 0. The first-order chi connectivity index (χ1) is 16.9. The summed E-state index contributed by atoms with van der Waals surface area (Å²) in [5, 5.41) is 13.4. The van der Waals surface area contributed by atoms with Gasteiger partial charge in [-0.05, 0) is 54.2 Å². The first-order valence-corrected chi connectivity index (χ1v) is 12.8. The van der Waals surface area contributed by atoms with Crippen LogP contribution in [0.15, 0.2) is 22.7 Å². The van der Waals surface area contributed by atoms with Gasteiger partial charge in [0.05, 0.1) is 25.7 Å². The highest BCUT2D eigenvalue weighted by atomic mass is 19.1. The number of carbonyl (C=O) groups excluding carboxylic acids is 1. The third-order valence-electron chi connectivity index (χ3n) is 7.62. The van der Waals surface area contributed by atoms with Gasteiger partial charge in [0.25, 0.3) is 0 Å². The van der Waals surface area contributed by atoms with Crippen molar-refractivity contribution in [2.45, 2.75) is 58.2 Å². The van der Waals surface area contributed by atoms with E-state index in [1.807, 2.05) is 6.07 Å². The van der Waals surface area contributed by atoms with E-state index in [2.05, 4.69) is 28.9 Å². The molecule has 3 aliphatic rings. The Balaban J connectivity index is 1.01. The first kappa shape index (κ1) is 24.2. The fraction of sp³-hybridized carbons (Fsp3) is 0.654. The highest BCUT2D eigenvalue weighted by Gasteiger charge is 2.44. The van der Waals surface area contributed by atoms with Crippen LogP contribution in [0.3, 0.4) is 0 Å². The molecule has 0 radical (unpaired) electrons. The Morgan fingerprint density at radius 2 is 2.06 bits per heavy atom. The molecule has 1 N–H and O–H groups in total. The standard InChI is InChI=1S/C26H35FN4O4/c1-16(2)25-28-26(35-29-25)30-7-5-18(6-8-30)22-10-20(22)15-34-14-17-3-4-19(23(27)9-17)11-24(33)31-12-21(32)13-31/h3-4,9,16,18,20-22,32H,5-8,10-15H2,1-2H3. The van der Waals surface area contributed by atoms with Gasteiger partial charge < -0.3 is 24.2 Å². The Bertz CT molecular complexity index is 1030. The Kier molecular flexibility index (Phi) is 7.07. The molecule has 2 saturated heterocycles. The molecule has 1 saturated carbocycles. The maximum Gasteiger partial charge on any atom is 0.324 e. The molecule has 2 atom stereocenters. The Labute approximate surface area is 205 Å². The van der Waals surface area contributed by atoms with Gasteiger partial charge in [0.15, 0.2) is 5.82 Å². The van der Waals surface area contributed by atoms with Crippen molar-refractivity contribution >= 4 is 11.9 Å². The summed E-state index contributed by atoms with van der Waals surface area (Å²) in [6, 6.07) is 5.61. The number of halogens is 1. The van der Waals surface area contributed by atoms with Crippen molar-refractivity contribution in [2.75, 3.05) is 37.7 Å². The summed E-state index contributed by atoms with van der Waals surface area (Å²) in [4.78, 5) is 20.4. The molecule has 3 fully saturated rings. The quantitative estimate of drug-likeness (QED) is 0.582. The van der Waals surface area contributed by atoms with Crippen molar-refractivity contribution in [1.29, 1.82) is 0 Å². The lowest BCUT2D eigenvalue weighted by atomic mass is 9.91. The zero-order chi connectivity index (χ0) is 24.5. The second kappa shape index (κ2) is 10.2. The molecule has 190 valence electrons. The van der Waals surface area contributed by atoms with Crippen LogP contribution in [0.4, 0.5) is 10.4 Å². The lowest BCUT2D eigenvalue weighted by Crippen LogP contribution is -2.54. The molecular formula is C26H35FN4O4. The van der Waals surface area contributed by atoms with Crippen LogP contribution in [0.25, 0.3) is 0 Å². The van der Waals surface area contributed by atoms with E-state index in [0.29, 0.717) is 55.6 Å². The van der Waals surface area contributed by atoms with Gasteiger partial charge in [0, 0.05) is 32.1 Å². The van der Waals surface area contributed by atoms with Gasteiger partial charge in [0.1, 0.15) is 5.82 Å². The monoisotopic (exact) mass is 486 g/mol. The Morgan fingerprint density at radius 1 is 1.29 bits per heavy atom. The number of β-amino-alcohol motifs (C(OH)–C–C–N with tert-alkyl or cyclic N) is 1. The highest BCUT2D eigenvalue weighted by Crippen LogP contribution is 2.48. The predicted octanol–water partition coefficient (Wildman–Crippen LogP) is 3.15. The van der Waals surface area contributed by atoms with Crippen molar-refractivity contribution in [3.8, 4) is 0 Å². The molecular weight excluding hydrogens is 451 g/mol. The molecule has 3 heterocycles. The molecule has 35 heavy (non-hydrogen) atoms. The average Bonchev–Trinajstić information content (AvgIpc) is 3.41. The van der Waals surface area contributed by atoms with E-state index in [0.717, 1.165) is 37.3 Å². The van der Waals surface area contributed by atoms with Crippen molar-refractivity contribution in [3.63, 3.8) is 0 Å². The summed E-state index contributed by atoms with van der Waals surface area (Å²) < 4.78 is 25.8. The number of anilines is 1. The van der Waals surface area contributed by atoms with Crippen LogP contribution in [0.1, 0.15) is 56.0 Å². The average molecular weight is 487 g/mol. The number of aliphatic hydroxyl groups excluding tert-OH is 1. The molecule has 1 aromatic carbocycles. The van der Waals surface area contributed by atoms with Gasteiger partial charge in [0.2, 0.25) is 5.91 Å². The number of hydrogen-bond acceptors (Lipinski definition) is 7. The van der Waals surface area contributed by atoms with E-state index in [1.54, 1.807) is 11.0 Å². The minimum Gasteiger partial charge on any atom is -0.389 e. The molecule has 2 unspecified atom stereocenters. The molecule has 0 spiro atoms. The van der Waals surface area contributed by atoms with Gasteiger partial charge in [-0.2, -0.15) is 4.98 Å². The first-order valence-electron chi connectivity index (χ1n) is 12.8. The number of carbonyl (C=O) groups is 1. The summed E-state index contributed by atoms with van der Waals surface area (Å²) in [5.74, 6) is 2.49. The number of likely N-dealkylation sites (tertiary alicyclic amines) is 1. The van der Waals surface area contributed by atoms with E-state index in [1.165, 1.54) is 12.5 Å². The van der Waals surface area contributed by atoms with Crippen LogP contribution in [0, 0.1) is 23.6 Å². The molecule has 5 rings (SSSR count). The molecule has 9 heteroatoms. The number of benzene rings is 1. The minimum atomic E-state index is -0.447. The number of rotatable bonds is 9. The maximum absolute atomic E-state index is 14.5. The molecule has 0 bridgehead atoms. The van der Waals surface area contributed by atoms with Crippen LogP contribution in [0.5, 0.6) is 0 Å². The van der Waals surface area contributed by atoms with E-state index >= 15 is 0 Å². The van der Waals surface area contributed by atoms with Crippen LogP contribution in [-0.4, -0.2) is 64.9 Å². The van der Waals surface area contributed by atoms with Crippen molar-refractivity contribution < 1.29 is 23.6 Å². The topological polar surface area (TPSA) is 91.9 Å². The van der Waals surface area contributed by atoms with Crippen LogP contribution >= 0.6 is 0 Å². The fourth-order valence-corrected chi connectivity index (χ4v) is 5.23. The van der Waals surface area contributed by atoms with Crippen molar-refractivity contribution in [2.24, 2.45) is 17.8 Å². The number of aromatic nitrogens is 2. The van der Waals surface area contributed by atoms with E-state index < -0.39 is 6.10 Å². The molecule has 2 aliphatic heterocycles. The van der Waals surface area contributed by atoms with Gasteiger partial charge in [-0.15, -0.1) is 0 Å². The number of piperidine rings is 1. The predicted molar refractivity (Wildman–Crippen MR) is 127 cm³/mol. The van der Waals surface area contributed by atoms with Crippen LogP contribution in [0.2, 0.25) is 0 Å². The lowest BCUT2D eigenvalue weighted by molar-refractivity contribution is -0.140. The second-order valence-electron chi connectivity index (χ2n) is 10.6. The number of ether oxygens (including phenoxy) is 1. The molecule has 1 aliphatic carbocycles. The molecule has 1 amide bonds. The number of aliphatic hydroxyl groups is 1. The van der Waals surface area contributed by atoms with E-state index in [4.69, 9.17) is 9.26 Å². The highest BCUT2D eigenvalue weighted by molar-refractivity contribution is 5.79. The second-order valence-corrected chi connectivity index (χ2v) is 10.6. The summed E-state index contributed by atoms with van der Waals surface area (Å²) in [6.07, 6.45) is 3.03. The van der Waals surface area contributed by atoms with Crippen molar-refractivity contribution in [3.05, 3.63) is 41.0 Å². The lowest BCUT2D eigenvalue weighted by Gasteiger charge is -2.35.